The maximum Gasteiger partial charge on any atom is 0.225 e. The van der Waals surface area contributed by atoms with Crippen LogP contribution in [0, 0.1) is 0 Å². The van der Waals surface area contributed by atoms with Gasteiger partial charge < -0.3 is 15.3 Å². The van der Waals surface area contributed by atoms with Crippen LogP contribution in [-0.2, 0) is 26.1 Å². The van der Waals surface area contributed by atoms with E-state index in [-0.39, 0.29) is 25.7 Å². The van der Waals surface area contributed by atoms with Crippen LogP contribution < -0.4 is 5.73 Å². The Morgan fingerprint density at radius 2 is 2.05 bits per heavy atom. The van der Waals surface area contributed by atoms with E-state index < -0.39 is 21.3 Å². The number of sulfonamides is 1. The molecule has 2 N–H and O–H groups in total. The van der Waals surface area contributed by atoms with Gasteiger partial charge >= 0.3 is 0 Å². The smallest absolute Gasteiger partial charge is 0.225 e. The zero-order chi connectivity index (χ0) is 27.7. The second kappa shape index (κ2) is 11.3. The number of benzene rings is 2. The molecule has 12 heteroatoms. The van der Waals surface area contributed by atoms with Gasteiger partial charge in [0.05, 0.1) is 18.2 Å². The first-order valence-corrected chi connectivity index (χ1v) is 14.9. The zero-order valence-electron chi connectivity index (χ0n) is 21.2. The molecule has 0 radical (unpaired) electrons. The highest BCUT2D eigenvalue weighted by Gasteiger charge is 2.42. The number of hydrogen-bond donors (Lipinski definition) is 1. The minimum Gasteiger partial charge on any atom is -0.383 e. The fraction of sp³-hybridized carbons (Fsp3) is 0.296. The van der Waals surface area contributed by atoms with E-state index in [4.69, 9.17) is 22.1 Å². The Bertz CT molecular complexity index is 1640. The summed E-state index contributed by atoms with van der Waals surface area (Å²) < 4.78 is 35.7. The minimum atomic E-state index is -3.89. The number of piperazine rings is 1. The van der Waals surface area contributed by atoms with Crippen LogP contribution in [-0.4, -0.2) is 72.8 Å². The number of thiophene rings is 1. The molecular weight excluding hydrogens is 558 g/mol. The molecule has 0 aliphatic carbocycles. The molecule has 0 saturated carbocycles. The van der Waals surface area contributed by atoms with Gasteiger partial charge in [-0.25, -0.2) is 18.4 Å². The predicted octanol–water partition coefficient (Wildman–Crippen LogP) is 4.04. The Balaban J connectivity index is 1.43. The van der Waals surface area contributed by atoms with E-state index in [1.807, 2.05) is 41.3 Å². The van der Waals surface area contributed by atoms with E-state index >= 15 is 0 Å². The van der Waals surface area contributed by atoms with Crippen molar-refractivity contribution in [1.29, 1.82) is 0 Å². The van der Waals surface area contributed by atoms with Crippen LogP contribution in [0.15, 0.2) is 61.4 Å². The summed E-state index contributed by atoms with van der Waals surface area (Å²) in [4.78, 5) is 23.3. The standard InChI is InChI=1S/C27H28ClN5O4S2/c1-3-26(25-9-18-5-6-19(28)10-24(18)38-25)39(35,36)32-12-20(14-34)33(21(13-32)15-37-2)11-17-4-7-22-23(8-17)30-16-31-27(22)29/h3-10,14,16,20-21,26H,1,11-13,15H2,2H3,(H2,29,30,31). The summed E-state index contributed by atoms with van der Waals surface area (Å²) in [5.74, 6) is 0.395. The minimum absolute atomic E-state index is 0.0236. The van der Waals surface area contributed by atoms with E-state index in [1.165, 1.54) is 28.0 Å². The molecule has 3 unspecified atom stereocenters. The molecule has 0 amide bonds. The number of carbonyl (C=O) groups excluding carboxylic acids is 1. The fourth-order valence-corrected chi connectivity index (χ4v) is 8.55. The van der Waals surface area contributed by atoms with Gasteiger partial charge in [-0.1, -0.05) is 29.8 Å². The summed E-state index contributed by atoms with van der Waals surface area (Å²) in [7, 11) is -2.33. The van der Waals surface area contributed by atoms with Crippen molar-refractivity contribution in [2.45, 2.75) is 23.9 Å². The molecule has 1 aliphatic rings. The lowest BCUT2D eigenvalue weighted by atomic mass is 10.1. The fourth-order valence-electron chi connectivity index (χ4n) is 5.06. The average molecular weight is 586 g/mol. The number of ether oxygens (including phenoxy) is 1. The molecule has 0 spiro atoms. The second-order valence-corrected chi connectivity index (χ2v) is 13.1. The van der Waals surface area contributed by atoms with Crippen molar-refractivity contribution in [3.05, 3.63) is 76.9 Å². The van der Waals surface area contributed by atoms with Crippen molar-refractivity contribution >= 4 is 66.1 Å². The largest absolute Gasteiger partial charge is 0.383 e. The molecule has 0 bridgehead atoms. The van der Waals surface area contributed by atoms with Crippen molar-refractivity contribution in [2.24, 2.45) is 0 Å². The number of aldehydes is 1. The number of carbonyl (C=O) groups is 1. The Morgan fingerprint density at radius 3 is 2.79 bits per heavy atom. The molecule has 2 aromatic carbocycles. The third-order valence-corrected chi connectivity index (χ3v) is 10.7. The van der Waals surface area contributed by atoms with Crippen LogP contribution in [0.25, 0.3) is 21.0 Å². The van der Waals surface area contributed by atoms with Crippen LogP contribution in [0.5, 0.6) is 0 Å². The summed E-state index contributed by atoms with van der Waals surface area (Å²) in [6.07, 6.45) is 3.65. The van der Waals surface area contributed by atoms with Gasteiger partial charge in [-0.05, 0) is 41.3 Å². The Hall–Kier alpha value is -2.93. The van der Waals surface area contributed by atoms with Crippen molar-refractivity contribution in [1.82, 2.24) is 19.2 Å². The van der Waals surface area contributed by atoms with Crippen molar-refractivity contribution in [3.8, 4) is 0 Å². The van der Waals surface area contributed by atoms with Crippen LogP contribution in [0.4, 0.5) is 5.82 Å². The van der Waals surface area contributed by atoms with Gasteiger partial charge in [0.25, 0.3) is 0 Å². The molecule has 2 aromatic heterocycles. The number of nitrogens with zero attached hydrogens (tertiary/aromatic N) is 4. The van der Waals surface area contributed by atoms with E-state index in [9.17, 15) is 13.2 Å². The zero-order valence-corrected chi connectivity index (χ0v) is 23.6. The normalized spacial score (nSPS) is 19.8. The quantitative estimate of drug-likeness (QED) is 0.231. The number of aromatic nitrogens is 2. The summed E-state index contributed by atoms with van der Waals surface area (Å²) in [6.45, 7) is 4.69. The summed E-state index contributed by atoms with van der Waals surface area (Å²) in [5.41, 5.74) is 7.57. The first-order chi connectivity index (χ1) is 18.7. The number of fused-ring (bicyclic) bond motifs is 2. The van der Waals surface area contributed by atoms with E-state index in [0.29, 0.717) is 27.8 Å². The molecular formula is C27H28ClN5O4S2. The van der Waals surface area contributed by atoms with Gasteiger partial charge in [0, 0.05) is 52.8 Å². The summed E-state index contributed by atoms with van der Waals surface area (Å²) in [6, 6.07) is 12.0. The van der Waals surface area contributed by atoms with E-state index in [1.54, 1.807) is 13.2 Å². The predicted molar refractivity (Wildman–Crippen MR) is 155 cm³/mol. The molecule has 4 aromatic rings. The second-order valence-electron chi connectivity index (χ2n) is 9.44. The van der Waals surface area contributed by atoms with Crippen LogP contribution in [0.1, 0.15) is 15.7 Å². The monoisotopic (exact) mass is 585 g/mol. The average Bonchev–Trinajstić information content (AvgIpc) is 3.32. The highest BCUT2D eigenvalue weighted by molar-refractivity contribution is 7.89. The highest BCUT2D eigenvalue weighted by atomic mass is 35.5. The summed E-state index contributed by atoms with van der Waals surface area (Å²) >= 11 is 7.51. The van der Waals surface area contributed by atoms with Gasteiger partial charge in [-0.3, -0.25) is 4.90 Å². The van der Waals surface area contributed by atoms with Crippen molar-refractivity contribution in [3.63, 3.8) is 0 Å². The van der Waals surface area contributed by atoms with Gasteiger partial charge in [0.2, 0.25) is 10.0 Å². The maximum atomic E-state index is 13.9. The van der Waals surface area contributed by atoms with Gasteiger partial charge in [0.15, 0.2) is 0 Å². The Labute approximate surface area is 235 Å². The lowest BCUT2D eigenvalue weighted by Gasteiger charge is -2.44. The molecule has 3 atom stereocenters. The van der Waals surface area contributed by atoms with Crippen LogP contribution >= 0.6 is 22.9 Å². The molecule has 39 heavy (non-hydrogen) atoms. The molecule has 3 heterocycles. The maximum absolute atomic E-state index is 13.9. The topological polar surface area (TPSA) is 119 Å². The van der Waals surface area contributed by atoms with E-state index in [2.05, 4.69) is 16.5 Å². The SMILES string of the molecule is C=CC(c1cc2ccc(Cl)cc2s1)S(=O)(=O)N1CC(C=O)N(Cc2ccc3c(N)ncnc3c2)C(COC)C1. The third kappa shape index (κ3) is 5.43. The molecule has 1 saturated heterocycles. The van der Waals surface area contributed by atoms with Crippen molar-refractivity contribution < 1.29 is 17.9 Å². The first-order valence-electron chi connectivity index (χ1n) is 12.2. The molecule has 5 rings (SSSR count). The van der Waals surface area contributed by atoms with Gasteiger partial charge in [0.1, 0.15) is 23.7 Å². The van der Waals surface area contributed by atoms with Crippen LogP contribution in [0.3, 0.4) is 0 Å². The molecule has 9 nitrogen and oxygen atoms in total. The van der Waals surface area contributed by atoms with E-state index in [0.717, 1.165) is 27.3 Å². The number of rotatable bonds is 9. The Kier molecular flexibility index (Phi) is 7.99. The van der Waals surface area contributed by atoms with Gasteiger partial charge in [-0.15, -0.1) is 17.9 Å². The molecule has 1 aliphatic heterocycles. The molecule has 204 valence electrons. The Morgan fingerprint density at radius 1 is 1.23 bits per heavy atom. The van der Waals surface area contributed by atoms with Crippen LogP contribution in [0.2, 0.25) is 5.02 Å². The number of hydrogen-bond acceptors (Lipinski definition) is 9. The first kappa shape index (κ1) is 27.6. The number of nitrogens with two attached hydrogens (primary N) is 1. The summed E-state index contributed by atoms with van der Waals surface area (Å²) in [5, 5.41) is 1.29. The molecule has 1 fully saturated rings. The third-order valence-electron chi connectivity index (χ3n) is 6.99. The lowest BCUT2D eigenvalue weighted by Crippen LogP contribution is -2.61. The number of halogens is 1. The highest BCUT2D eigenvalue weighted by Crippen LogP contribution is 2.38. The number of anilines is 1. The van der Waals surface area contributed by atoms with Gasteiger partial charge in [-0.2, -0.15) is 4.31 Å². The van der Waals surface area contributed by atoms with Crippen molar-refractivity contribution in [2.75, 3.05) is 32.5 Å². The number of nitrogen functional groups attached to an aromatic ring is 1. The number of methoxy groups -OCH3 is 1. The lowest BCUT2D eigenvalue weighted by molar-refractivity contribution is -0.116.